The quantitative estimate of drug-likeness (QED) is 0.736. The number of aldehydes is 1. The van der Waals surface area contributed by atoms with E-state index in [9.17, 15) is 4.79 Å². The van der Waals surface area contributed by atoms with Crippen molar-refractivity contribution in [2.24, 2.45) is 7.05 Å². The predicted molar refractivity (Wildman–Crippen MR) is 60.6 cm³/mol. The summed E-state index contributed by atoms with van der Waals surface area (Å²) in [5.41, 5.74) is 2.36. The fourth-order valence-corrected chi connectivity index (χ4v) is 1.58. The molecule has 0 N–H and O–H groups in total. The first-order valence-electron chi connectivity index (χ1n) is 4.88. The highest BCUT2D eigenvalue weighted by Gasteiger charge is 2.09. The first-order valence-corrected chi connectivity index (χ1v) is 4.88. The van der Waals surface area contributed by atoms with Gasteiger partial charge in [-0.3, -0.25) is 9.48 Å². The molecule has 0 aliphatic heterocycles. The number of hydrogen-bond donors (Lipinski definition) is 0. The molecule has 82 valence electrons. The molecule has 4 nitrogen and oxygen atoms in total. The highest BCUT2D eigenvalue weighted by Crippen LogP contribution is 2.24. The van der Waals surface area contributed by atoms with Gasteiger partial charge in [0.2, 0.25) is 0 Å². The SMILES string of the molecule is COc1ccc(-c2cnn(C)c2C=O)cc1. The Morgan fingerprint density at radius 3 is 2.56 bits per heavy atom. The van der Waals surface area contributed by atoms with Gasteiger partial charge in [-0.2, -0.15) is 5.10 Å². The van der Waals surface area contributed by atoms with Crippen LogP contribution in [0.4, 0.5) is 0 Å². The van der Waals surface area contributed by atoms with Crippen LogP contribution in [0.2, 0.25) is 0 Å². The molecule has 0 saturated heterocycles. The molecule has 1 aromatic carbocycles. The van der Waals surface area contributed by atoms with Crippen molar-refractivity contribution in [3.63, 3.8) is 0 Å². The number of benzene rings is 1. The van der Waals surface area contributed by atoms with E-state index < -0.39 is 0 Å². The summed E-state index contributed by atoms with van der Waals surface area (Å²) in [7, 11) is 3.37. The fourth-order valence-electron chi connectivity index (χ4n) is 1.58. The zero-order chi connectivity index (χ0) is 11.5. The molecule has 1 heterocycles. The number of methoxy groups -OCH3 is 1. The first kappa shape index (κ1) is 10.4. The molecule has 0 aliphatic rings. The van der Waals surface area contributed by atoms with E-state index >= 15 is 0 Å². The van der Waals surface area contributed by atoms with E-state index in [0.717, 1.165) is 23.2 Å². The number of aryl methyl sites for hydroxylation is 1. The lowest BCUT2D eigenvalue weighted by Crippen LogP contribution is -1.96. The van der Waals surface area contributed by atoms with Crippen LogP contribution in [-0.4, -0.2) is 23.2 Å². The van der Waals surface area contributed by atoms with Gasteiger partial charge in [-0.1, -0.05) is 12.1 Å². The highest BCUT2D eigenvalue weighted by molar-refractivity contribution is 5.85. The lowest BCUT2D eigenvalue weighted by Gasteiger charge is -2.02. The van der Waals surface area contributed by atoms with E-state index in [1.54, 1.807) is 25.0 Å². The summed E-state index contributed by atoms with van der Waals surface area (Å²) in [6.45, 7) is 0. The Hall–Kier alpha value is -2.10. The Balaban J connectivity index is 2.46. The van der Waals surface area contributed by atoms with Gasteiger partial charge in [0.05, 0.1) is 13.3 Å². The van der Waals surface area contributed by atoms with E-state index in [0.29, 0.717) is 5.69 Å². The Kier molecular flexibility index (Phi) is 2.72. The third-order valence-corrected chi connectivity index (χ3v) is 2.50. The van der Waals surface area contributed by atoms with Crippen molar-refractivity contribution in [2.75, 3.05) is 7.11 Å². The summed E-state index contributed by atoms with van der Waals surface area (Å²) < 4.78 is 6.64. The minimum Gasteiger partial charge on any atom is -0.497 e. The van der Waals surface area contributed by atoms with Gasteiger partial charge >= 0.3 is 0 Å². The van der Waals surface area contributed by atoms with Crippen LogP contribution < -0.4 is 4.74 Å². The zero-order valence-corrected chi connectivity index (χ0v) is 9.18. The Morgan fingerprint density at radius 2 is 2.00 bits per heavy atom. The number of hydrogen-bond acceptors (Lipinski definition) is 3. The molecular formula is C12H12N2O2. The van der Waals surface area contributed by atoms with Gasteiger partial charge in [0.15, 0.2) is 6.29 Å². The number of carbonyl (C=O) groups is 1. The lowest BCUT2D eigenvalue weighted by atomic mass is 10.1. The van der Waals surface area contributed by atoms with Gasteiger partial charge in [0.25, 0.3) is 0 Å². The maximum absolute atomic E-state index is 10.9. The standard InChI is InChI=1S/C12H12N2O2/c1-14-12(8-15)11(7-13-14)9-3-5-10(16-2)6-4-9/h3-8H,1-2H3. The minimum absolute atomic E-state index is 0.574. The molecule has 0 spiro atoms. The maximum Gasteiger partial charge on any atom is 0.168 e. The van der Waals surface area contributed by atoms with E-state index in [1.165, 1.54) is 0 Å². The predicted octanol–water partition coefficient (Wildman–Crippen LogP) is 1.91. The van der Waals surface area contributed by atoms with E-state index in [4.69, 9.17) is 4.74 Å². The summed E-state index contributed by atoms with van der Waals surface area (Å²) in [5.74, 6) is 0.792. The van der Waals surface area contributed by atoms with Crippen LogP contribution in [0.3, 0.4) is 0 Å². The van der Waals surface area contributed by atoms with Crippen LogP contribution in [0.15, 0.2) is 30.5 Å². The normalized spacial score (nSPS) is 10.1. The van der Waals surface area contributed by atoms with Gasteiger partial charge in [-0.15, -0.1) is 0 Å². The number of ether oxygens (including phenoxy) is 1. The van der Waals surface area contributed by atoms with Crippen LogP contribution in [0.25, 0.3) is 11.1 Å². The van der Waals surface area contributed by atoms with E-state index in [1.807, 2.05) is 24.3 Å². The van der Waals surface area contributed by atoms with Gasteiger partial charge in [0.1, 0.15) is 11.4 Å². The highest BCUT2D eigenvalue weighted by atomic mass is 16.5. The smallest absolute Gasteiger partial charge is 0.168 e. The van der Waals surface area contributed by atoms with Crippen LogP contribution in [0, 0.1) is 0 Å². The average molecular weight is 216 g/mol. The average Bonchev–Trinajstić information content (AvgIpc) is 2.70. The summed E-state index contributed by atoms with van der Waals surface area (Å²) in [4.78, 5) is 10.9. The largest absolute Gasteiger partial charge is 0.497 e. The van der Waals surface area contributed by atoms with Crippen molar-refractivity contribution < 1.29 is 9.53 Å². The van der Waals surface area contributed by atoms with Crippen LogP contribution >= 0.6 is 0 Å². The van der Waals surface area contributed by atoms with Crippen molar-refractivity contribution in [2.45, 2.75) is 0 Å². The third kappa shape index (κ3) is 1.69. The lowest BCUT2D eigenvalue weighted by molar-refractivity contribution is 0.111. The maximum atomic E-state index is 10.9. The van der Waals surface area contributed by atoms with E-state index in [2.05, 4.69) is 5.10 Å². The second-order valence-corrected chi connectivity index (χ2v) is 3.41. The molecule has 2 rings (SSSR count). The Morgan fingerprint density at radius 1 is 1.31 bits per heavy atom. The van der Waals surface area contributed by atoms with Crippen molar-refractivity contribution in [3.05, 3.63) is 36.2 Å². The molecule has 4 heteroatoms. The third-order valence-electron chi connectivity index (χ3n) is 2.50. The molecule has 0 aliphatic carbocycles. The van der Waals surface area contributed by atoms with Gasteiger partial charge in [-0.05, 0) is 17.7 Å². The summed E-state index contributed by atoms with van der Waals surface area (Å²) in [6.07, 6.45) is 2.50. The molecule has 0 atom stereocenters. The number of aromatic nitrogens is 2. The monoisotopic (exact) mass is 216 g/mol. The first-order chi connectivity index (χ1) is 7.76. The van der Waals surface area contributed by atoms with Crippen molar-refractivity contribution in [1.82, 2.24) is 9.78 Å². The molecule has 16 heavy (non-hydrogen) atoms. The van der Waals surface area contributed by atoms with Gasteiger partial charge in [0, 0.05) is 12.6 Å². The van der Waals surface area contributed by atoms with Crippen LogP contribution in [0.5, 0.6) is 5.75 Å². The molecule has 0 fully saturated rings. The topological polar surface area (TPSA) is 44.1 Å². The molecule has 0 amide bonds. The second kappa shape index (κ2) is 4.18. The molecule has 0 radical (unpaired) electrons. The molecule has 0 bridgehead atoms. The number of rotatable bonds is 3. The molecule has 2 aromatic rings. The minimum atomic E-state index is 0.574. The summed E-state index contributed by atoms with van der Waals surface area (Å²) in [5, 5.41) is 4.06. The second-order valence-electron chi connectivity index (χ2n) is 3.41. The molecular weight excluding hydrogens is 204 g/mol. The van der Waals surface area contributed by atoms with Gasteiger partial charge < -0.3 is 4.74 Å². The van der Waals surface area contributed by atoms with Crippen molar-refractivity contribution in [3.8, 4) is 16.9 Å². The van der Waals surface area contributed by atoms with Crippen molar-refractivity contribution >= 4 is 6.29 Å². The van der Waals surface area contributed by atoms with Gasteiger partial charge in [-0.25, -0.2) is 0 Å². The van der Waals surface area contributed by atoms with Crippen LogP contribution in [-0.2, 0) is 7.05 Å². The molecule has 0 saturated carbocycles. The van der Waals surface area contributed by atoms with Crippen LogP contribution in [0.1, 0.15) is 10.5 Å². The molecule has 1 aromatic heterocycles. The summed E-state index contributed by atoms with van der Waals surface area (Å²) in [6, 6.07) is 7.53. The molecule has 0 unspecified atom stereocenters. The van der Waals surface area contributed by atoms with Crippen molar-refractivity contribution in [1.29, 1.82) is 0 Å². The zero-order valence-electron chi connectivity index (χ0n) is 9.18. The number of nitrogens with zero attached hydrogens (tertiary/aromatic N) is 2. The van der Waals surface area contributed by atoms with E-state index in [-0.39, 0.29) is 0 Å². The fraction of sp³-hybridized carbons (Fsp3) is 0.167. The summed E-state index contributed by atoms with van der Waals surface area (Å²) >= 11 is 0. The Labute approximate surface area is 93.5 Å². The Bertz CT molecular complexity index is 500. The number of carbonyl (C=O) groups excluding carboxylic acids is 1.